The summed E-state index contributed by atoms with van der Waals surface area (Å²) in [7, 11) is -2.36. The first-order valence-electron chi connectivity index (χ1n) is 10.8. The number of carbonyl (C=O) groups excluding carboxylic acids is 1. The third kappa shape index (κ3) is 7.13. The second-order valence-electron chi connectivity index (χ2n) is 7.56. The lowest BCUT2D eigenvalue weighted by atomic mass is 10.1. The van der Waals surface area contributed by atoms with Crippen LogP contribution < -0.4 is 19.5 Å². The predicted molar refractivity (Wildman–Crippen MR) is 134 cm³/mol. The highest BCUT2D eigenvalue weighted by Gasteiger charge is 2.15. The monoisotopic (exact) mass is 502 g/mol. The highest BCUT2D eigenvalue weighted by Crippen LogP contribution is 2.28. The van der Waals surface area contributed by atoms with Crippen LogP contribution in [0.25, 0.3) is 0 Å². The van der Waals surface area contributed by atoms with E-state index in [4.69, 9.17) is 21.1 Å². The maximum Gasteiger partial charge on any atom is 0.262 e. The van der Waals surface area contributed by atoms with Crippen LogP contribution in [0.4, 0.5) is 11.4 Å². The Balaban J connectivity index is 1.53. The van der Waals surface area contributed by atoms with Crippen molar-refractivity contribution in [2.45, 2.75) is 31.1 Å². The van der Waals surface area contributed by atoms with E-state index in [1.807, 2.05) is 24.3 Å². The number of nitrogens with one attached hydrogen (secondary N) is 2. The van der Waals surface area contributed by atoms with E-state index < -0.39 is 10.0 Å². The lowest BCUT2D eigenvalue weighted by molar-refractivity contribution is -0.118. The zero-order valence-corrected chi connectivity index (χ0v) is 20.6. The molecule has 0 fully saturated rings. The summed E-state index contributed by atoms with van der Waals surface area (Å²) in [4.78, 5) is 12.2. The van der Waals surface area contributed by atoms with Crippen LogP contribution in [0.5, 0.6) is 11.5 Å². The van der Waals surface area contributed by atoms with Crippen molar-refractivity contribution >= 4 is 38.9 Å². The van der Waals surface area contributed by atoms with E-state index in [0.717, 1.165) is 19.3 Å². The summed E-state index contributed by atoms with van der Waals surface area (Å²) in [5.74, 6) is 0.506. The van der Waals surface area contributed by atoms with Crippen LogP contribution in [0.1, 0.15) is 25.3 Å². The number of benzene rings is 3. The summed E-state index contributed by atoms with van der Waals surface area (Å²) in [6.45, 7) is 1.95. The molecule has 3 aromatic carbocycles. The van der Waals surface area contributed by atoms with Crippen molar-refractivity contribution in [3.8, 4) is 11.5 Å². The van der Waals surface area contributed by atoms with Crippen molar-refractivity contribution in [1.29, 1.82) is 0 Å². The zero-order valence-electron chi connectivity index (χ0n) is 19.0. The molecule has 9 heteroatoms. The van der Waals surface area contributed by atoms with Gasteiger partial charge in [-0.25, -0.2) is 8.42 Å². The van der Waals surface area contributed by atoms with Gasteiger partial charge < -0.3 is 14.8 Å². The molecule has 180 valence electrons. The number of sulfonamides is 1. The molecule has 1 amide bonds. The highest BCUT2D eigenvalue weighted by molar-refractivity contribution is 7.92. The first-order valence-corrected chi connectivity index (χ1v) is 12.6. The van der Waals surface area contributed by atoms with Gasteiger partial charge in [-0.1, -0.05) is 37.1 Å². The molecule has 0 aliphatic rings. The molecule has 0 bridgehead atoms. The van der Waals surface area contributed by atoms with Gasteiger partial charge in [0.1, 0.15) is 11.5 Å². The van der Waals surface area contributed by atoms with Crippen molar-refractivity contribution in [2.24, 2.45) is 0 Å². The van der Waals surface area contributed by atoms with Gasteiger partial charge in [0.05, 0.1) is 22.7 Å². The van der Waals surface area contributed by atoms with Crippen molar-refractivity contribution < 1.29 is 22.7 Å². The second kappa shape index (κ2) is 11.8. The minimum Gasteiger partial charge on any atom is -0.495 e. The number of halogens is 1. The van der Waals surface area contributed by atoms with Gasteiger partial charge in [-0.2, -0.15) is 0 Å². The number of hydrogen-bond donors (Lipinski definition) is 2. The molecule has 0 spiro atoms. The third-order valence-corrected chi connectivity index (χ3v) is 6.66. The lowest BCUT2D eigenvalue weighted by Gasteiger charge is -2.11. The van der Waals surface area contributed by atoms with Crippen LogP contribution in [-0.2, 0) is 21.2 Å². The zero-order chi connectivity index (χ0) is 24.6. The lowest BCUT2D eigenvalue weighted by Crippen LogP contribution is -2.20. The molecule has 3 aromatic rings. The maximum absolute atomic E-state index is 12.6. The first kappa shape index (κ1) is 25.4. The highest BCUT2D eigenvalue weighted by atomic mass is 35.5. The first-order chi connectivity index (χ1) is 16.3. The van der Waals surface area contributed by atoms with E-state index in [-0.39, 0.29) is 22.4 Å². The van der Waals surface area contributed by atoms with Crippen LogP contribution in [0.3, 0.4) is 0 Å². The van der Waals surface area contributed by atoms with Gasteiger partial charge in [0.15, 0.2) is 6.61 Å². The van der Waals surface area contributed by atoms with Crippen molar-refractivity contribution in [1.82, 2.24) is 0 Å². The topological polar surface area (TPSA) is 93.7 Å². The van der Waals surface area contributed by atoms with E-state index in [2.05, 4.69) is 17.0 Å². The smallest absolute Gasteiger partial charge is 0.262 e. The number of anilines is 2. The van der Waals surface area contributed by atoms with Gasteiger partial charge >= 0.3 is 0 Å². The van der Waals surface area contributed by atoms with Gasteiger partial charge in [0.25, 0.3) is 15.9 Å². The molecule has 0 saturated heterocycles. The minimum absolute atomic E-state index is 0.0411. The molecule has 3 rings (SSSR count). The van der Waals surface area contributed by atoms with Crippen LogP contribution in [-0.4, -0.2) is 28.0 Å². The summed E-state index contributed by atoms with van der Waals surface area (Å²) in [5.41, 5.74) is 2.23. The van der Waals surface area contributed by atoms with Gasteiger partial charge in [-0.15, -0.1) is 0 Å². The Hall–Kier alpha value is -3.23. The fraction of sp³-hybridized carbons (Fsp3) is 0.240. The Morgan fingerprint density at radius 1 is 0.971 bits per heavy atom. The summed E-state index contributed by atoms with van der Waals surface area (Å²) in [6.07, 6.45) is 3.28. The third-order valence-electron chi connectivity index (χ3n) is 4.96. The number of rotatable bonds is 11. The average Bonchev–Trinajstić information content (AvgIpc) is 2.82. The molecular formula is C25H27ClN2O5S. The van der Waals surface area contributed by atoms with Gasteiger partial charge in [0, 0.05) is 5.69 Å². The van der Waals surface area contributed by atoms with E-state index in [1.165, 1.54) is 43.0 Å². The molecule has 34 heavy (non-hydrogen) atoms. The van der Waals surface area contributed by atoms with Gasteiger partial charge in [-0.05, 0) is 73.0 Å². The van der Waals surface area contributed by atoms with Crippen molar-refractivity contribution in [2.75, 3.05) is 23.8 Å². The van der Waals surface area contributed by atoms with E-state index in [1.54, 1.807) is 12.1 Å². The average molecular weight is 503 g/mol. The van der Waals surface area contributed by atoms with Crippen LogP contribution >= 0.6 is 11.6 Å². The number of amides is 1. The molecule has 7 nitrogen and oxygen atoms in total. The SMILES string of the molecule is CCCCc1ccc(NC(=O)COc2ccc(S(=O)(=O)Nc3ccc(OC)c(Cl)c3)cc2)cc1. The Morgan fingerprint density at radius 3 is 2.26 bits per heavy atom. The Labute approximate surface area is 205 Å². The second-order valence-corrected chi connectivity index (χ2v) is 9.65. The number of ether oxygens (including phenoxy) is 2. The molecule has 0 heterocycles. The molecule has 0 aromatic heterocycles. The standard InChI is InChI=1S/C25H27ClN2O5S/c1-3-4-5-18-6-8-19(9-7-18)27-25(29)17-33-21-11-13-22(14-12-21)34(30,31)28-20-10-15-24(32-2)23(26)16-20/h6-16,28H,3-5,17H2,1-2H3,(H,27,29). The van der Waals surface area contributed by atoms with Crippen LogP contribution in [0.2, 0.25) is 5.02 Å². The summed E-state index contributed by atoms with van der Waals surface area (Å²) in [5, 5.41) is 3.07. The molecule has 0 aliphatic carbocycles. The molecule has 0 atom stereocenters. The number of hydrogen-bond acceptors (Lipinski definition) is 5. The van der Waals surface area contributed by atoms with E-state index >= 15 is 0 Å². The Bertz CT molecular complexity index is 1210. The molecule has 0 unspecified atom stereocenters. The molecule has 0 aliphatic heterocycles. The van der Waals surface area contributed by atoms with Crippen LogP contribution in [0, 0.1) is 0 Å². The van der Waals surface area contributed by atoms with Gasteiger partial charge in [-0.3, -0.25) is 9.52 Å². The fourth-order valence-corrected chi connectivity index (χ4v) is 4.45. The maximum atomic E-state index is 12.6. The fourth-order valence-electron chi connectivity index (χ4n) is 3.14. The summed E-state index contributed by atoms with van der Waals surface area (Å²) >= 11 is 6.05. The predicted octanol–water partition coefficient (Wildman–Crippen LogP) is 5.51. The number of unbranched alkanes of at least 4 members (excludes halogenated alkanes) is 1. The van der Waals surface area contributed by atoms with Crippen molar-refractivity contribution in [3.63, 3.8) is 0 Å². The molecule has 0 radical (unpaired) electrons. The van der Waals surface area contributed by atoms with E-state index in [9.17, 15) is 13.2 Å². The quantitative estimate of drug-likeness (QED) is 0.360. The normalized spacial score (nSPS) is 11.0. The molecule has 2 N–H and O–H groups in total. The van der Waals surface area contributed by atoms with Crippen molar-refractivity contribution in [3.05, 3.63) is 77.3 Å². The van der Waals surface area contributed by atoms with E-state index in [0.29, 0.717) is 22.9 Å². The summed E-state index contributed by atoms with van der Waals surface area (Å²) in [6, 6.07) is 18.1. The number of methoxy groups -OCH3 is 1. The largest absolute Gasteiger partial charge is 0.495 e. The number of aryl methyl sites for hydroxylation is 1. The van der Waals surface area contributed by atoms with Crippen LogP contribution in [0.15, 0.2) is 71.6 Å². The minimum atomic E-state index is -3.83. The Kier molecular flexibility index (Phi) is 8.79. The summed E-state index contributed by atoms with van der Waals surface area (Å²) < 4.78 is 38.3. The van der Waals surface area contributed by atoms with Gasteiger partial charge in [0.2, 0.25) is 0 Å². The molecule has 0 saturated carbocycles. The number of carbonyl (C=O) groups is 1. The Morgan fingerprint density at radius 2 is 1.65 bits per heavy atom. The molecular weight excluding hydrogens is 476 g/mol.